The maximum atomic E-state index is 14.1. The number of primary amides is 1. The lowest BCUT2D eigenvalue weighted by Crippen LogP contribution is -2.52. The highest BCUT2D eigenvalue weighted by atomic mass is 35.5. The minimum atomic E-state index is -0.915. The number of aromatic nitrogens is 4. The Balaban J connectivity index is 0.00000368. The molecule has 224 valence electrons. The number of H-pyrrole nitrogens is 3. The summed E-state index contributed by atoms with van der Waals surface area (Å²) in [5.74, 6) is -0.553. The molecule has 0 unspecified atom stereocenters. The maximum absolute atomic E-state index is 14.1. The van der Waals surface area contributed by atoms with Gasteiger partial charge < -0.3 is 16.5 Å². The number of hydrogen-bond donors (Lipinski definition) is 5. The molecule has 0 saturated heterocycles. The second-order valence-electron chi connectivity index (χ2n) is 11.4. The van der Waals surface area contributed by atoms with Crippen LogP contribution in [0.4, 0.5) is 5.69 Å². The standard InChI is InChI=1S/C32H35N7O3.ClH/c1-18-12-27-28(36-17-35-27)15-25(18)21-6-2-19(3-7-21)13-29(30(34)40)39(32(42)22-8-4-20(16-33)5-9-22)23-10-11-24-26(14-23)37-38-31(24)41;/h2-3,6-7,10-12,14-15,17,20,22,29H,4-5,8-9,13,16,33H2,1H3,(H2,34,40)(H,35,36)(H2,37,38,41);1H/t20-,22-,29-;/m0./s1. The van der Waals surface area contributed by atoms with Crippen LogP contribution in [0.2, 0.25) is 0 Å². The Morgan fingerprint density at radius 1 is 1.00 bits per heavy atom. The average Bonchev–Trinajstić information content (AvgIpc) is 3.62. The molecule has 0 spiro atoms. The molecule has 1 atom stereocenters. The number of anilines is 1. The van der Waals surface area contributed by atoms with Crippen LogP contribution in [0.3, 0.4) is 0 Å². The zero-order valence-corrected chi connectivity index (χ0v) is 24.7. The van der Waals surface area contributed by atoms with Crippen molar-refractivity contribution in [2.24, 2.45) is 23.3 Å². The second kappa shape index (κ2) is 12.4. The number of aromatic amines is 3. The van der Waals surface area contributed by atoms with Gasteiger partial charge in [0.2, 0.25) is 11.8 Å². The highest BCUT2D eigenvalue weighted by molar-refractivity contribution is 6.03. The quantitative estimate of drug-likeness (QED) is 0.178. The molecule has 1 fully saturated rings. The molecule has 2 aromatic heterocycles. The Kier molecular flexibility index (Phi) is 8.70. The van der Waals surface area contributed by atoms with Crippen LogP contribution in [0.1, 0.15) is 36.8 Å². The number of carbonyl (C=O) groups excluding carboxylic acids is 2. The summed E-state index contributed by atoms with van der Waals surface area (Å²) in [4.78, 5) is 48.3. The monoisotopic (exact) mass is 601 g/mol. The van der Waals surface area contributed by atoms with Crippen LogP contribution in [0.5, 0.6) is 0 Å². The number of amides is 2. The van der Waals surface area contributed by atoms with E-state index in [1.165, 1.54) is 0 Å². The summed E-state index contributed by atoms with van der Waals surface area (Å²) in [6.45, 7) is 2.66. The average molecular weight is 602 g/mol. The van der Waals surface area contributed by atoms with Gasteiger partial charge in [0.05, 0.1) is 28.3 Å². The Labute approximate surface area is 254 Å². The summed E-state index contributed by atoms with van der Waals surface area (Å²) in [7, 11) is 0. The van der Waals surface area contributed by atoms with Crippen LogP contribution in [-0.2, 0) is 16.0 Å². The van der Waals surface area contributed by atoms with Crippen LogP contribution >= 0.6 is 12.4 Å². The van der Waals surface area contributed by atoms with E-state index < -0.39 is 11.9 Å². The predicted octanol–water partition coefficient (Wildman–Crippen LogP) is 4.32. The first-order chi connectivity index (χ1) is 20.3. The first kappa shape index (κ1) is 30.1. The molecule has 7 N–H and O–H groups in total. The maximum Gasteiger partial charge on any atom is 0.271 e. The topological polar surface area (TPSA) is 167 Å². The molecule has 43 heavy (non-hydrogen) atoms. The van der Waals surface area contributed by atoms with E-state index in [9.17, 15) is 14.4 Å². The molecular formula is C32H36ClN7O3. The fourth-order valence-corrected chi connectivity index (χ4v) is 6.24. The van der Waals surface area contributed by atoms with E-state index in [0.717, 1.165) is 46.1 Å². The van der Waals surface area contributed by atoms with Crippen LogP contribution < -0.4 is 21.9 Å². The van der Waals surface area contributed by atoms with Gasteiger partial charge in [-0.1, -0.05) is 24.3 Å². The summed E-state index contributed by atoms with van der Waals surface area (Å²) < 4.78 is 0. The van der Waals surface area contributed by atoms with Gasteiger partial charge in [-0.2, -0.15) is 0 Å². The molecule has 2 amide bonds. The van der Waals surface area contributed by atoms with Crippen LogP contribution in [-0.4, -0.2) is 44.6 Å². The SMILES string of the molecule is Cc1cc2nc[nH]c2cc1-c1ccc(C[C@@H](C(N)=O)N(c2ccc3c(=O)[nH][nH]c3c2)C(=O)[C@H]2CC[C@H](CN)CC2)cc1.Cl. The highest BCUT2D eigenvalue weighted by Crippen LogP contribution is 2.33. The van der Waals surface area contributed by atoms with Gasteiger partial charge in [-0.3, -0.25) is 29.5 Å². The van der Waals surface area contributed by atoms with Gasteiger partial charge in [0.1, 0.15) is 6.04 Å². The Bertz CT molecular complexity index is 1820. The molecular weight excluding hydrogens is 566 g/mol. The van der Waals surface area contributed by atoms with Gasteiger partial charge in [0, 0.05) is 18.0 Å². The Morgan fingerprint density at radius 3 is 2.44 bits per heavy atom. The normalized spacial score (nSPS) is 17.4. The van der Waals surface area contributed by atoms with Crippen molar-refractivity contribution in [3.05, 3.63) is 82.4 Å². The molecule has 10 nitrogen and oxygen atoms in total. The summed E-state index contributed by atoms with van der Waals surface area (Å²) in [5, 5.41) is 5.91. The molecule has 0 aliphatic heterocycles. The van der Waals surface area contributed by atoms with Gasteiger partial charge >= 0.3 is 0 Å². The molecule has 0 radical (unpaired) electrons. The molecule has 2 heterocycles. The molecule has 0 bridgehead atoms. The van der Waals surface area contributed by atoms with Gasteiger partial charge in [-0.15, -0.1) is 12.4 Å². The van der Waals surface area contributed by atoms with Crippen molar-refractivity contribution in [1.82, 2.24) is 20.2 Å². The van der Waals surface area contributed by atoms with Crippen molar-refractivity contribution in [3.8, 4) is 11.1 Å². The molecule has 1 saturated carbocycles. The smallest absolute Gasteiger partial charge is 0.271 e. The number of nitrogens with two attached hydrogens (primary N) is 2. The zero-order chi connectivity index (χ0) is 29.4. The van der Waals surface area contributed by atoms with Crippen molar-refractivity contribution in [2.75, 3.05) is 11.4 Å². The van der Waals surface area contributed by atoms with E-state index in [2.05, 4.69) is 39.2 Å². The van der Waals surface area contributed by atoms with Crippen LogP contribution in [0.25, 0.3) is 33.1 Å². The predicted molar refractivity (Wildman–Crippen MR) is 171 cm³/mol. The van der Waals surface area contributed by atoms with Gasteiger partial charge in [0.25, 0.3) is 5.56 Å². The molecule has 3 aromatic carbocycles. The van der Waals surface area contributed by atoms with E-state index in [1.807, 2.05) is 24.3 Å². The number of rotatable bonds is 8. The molecule has 11 heteroatoms. The lowest BCUT2D eigenvalue weighted by atomic mass is 9.81. The van der Waals surface area contributed by atoms with Gasteiger partial charge in [0.15, 0.2) is 0 Å². The Hall–Kier alpha value is -4.41. The highest BCUT2D eigenvalue weighted by Gasteiger charge is 2.36. The fourth-order valence-electron chi connectivity index (χ4n) is 6.24. The molecule has 6 rings (SSSR count). The van der Waals surface area contributed by atoms with E-state index in [1.54, 1.807) is 29.4 Å². The minimum Gasteiger partial charge on any atom is -0.368 e. The van der Waals surface area contributed by atoms with Crippen LogP contribution in [0.15, 0.2) is 65.7 Å². The number of imidazole rings is 1. The van der Waals surface area contributed by atoms with E-state index in [-0.39, 0.29) is 36.2 Å². The largest absolute Gasteiger partial charge is 0.368 e. The number of benzene rings is 3. The number of aryl methyl sites for hydroxylation is 1. The lowest BCUT2D eigenvalue weighted by molar-refractivity contribution is -0.127. The van der Waals surface area contributed by atoms with E-state index in [4.69, 9.17) is 11.5 Å². The third-order valence-corrected chi connectivity index (χ3v) is 8.70. The third kappa shape index (κ3) is 5.93. The fraction of sp³-hybridized carbons (Fsp3) is 0.312. The number of carbonyl (C=O) groups is 2. The molecule has 1 aliphatic rings. The van der Waals surface area contributed by atoms with Crippen molar-refractivity contribution in [1.29, 1.82) is 0 Å². The lowest BCUT2D eigenvalue weighted by Gasteiger charge is -2.35. The number of halogens is 1. The summed E-state index contributed by atoms with van der Waals surface area (Å²) >= 11 is 0. The summed E-state index contributed by atoms with van der Waals surface area (Å²) in [6.07, 6.45) is 5.10. The summed E-state index contributed by atoms with van der Waals surface area (Å²) in [6, 6.07) is 16.3. The van der Waals surface area contributed by atoms with E-state index >= 15 is 0 Å². The minimum absolute atomic E-state index is 0. The number of nitrogens with one attached hydrogen (secondary N) is 3. The first-order valence-electron chi connectivity index (χ1n) is 14.4. The number of hydrogen-bond acceptors (Lipinski definition) is 5. The van der Waals surface area contributed by atoms with Gasteiger partial charge in [-0.05, 0) is 97.7 Å². The zero-order valence-electron chi connectivity index (χ0n) is 23.9. The van der Waals surface area contributed by atoms with E-state index in [0.29, 0.717) is 41.9 Å². The van der Waals surface area contributed by atoms with Crippen molar-refractivity contribution in [3.63, 3.8) is 0 Å². The van der Waals surface area contributed by atoms with Crippen molar-refractivity contribution in [2.45, 2.75) is 45.1 Å². The molecule has 5 aromatic rings. The summed E-state index contributed by atoms with van der Waals surface area (Å²) in [5.41, 5.74) is 18.7. The van der Waals surface area contributed by atoms with Gasteiger partial charge in [-0.25, -0.2) is 4.98 Å². The number of fused-ring (bicyclic) bond motifs is 2. The van der Waals surface area contributed by atoms with Crippen molar-refractivity contribution >= 4 is 51.8 Å². The Morgan fingerprint density at radius 2 is 1.74 bits per heavy atom. The first-order valence-corrected chi connectivity index (χ1v) is 14.4. The molecule has 1 aliphatic carbocycles. The second-order valence-corrected chi connectivity index (χ2v) is 11.4. The number of nitrogens with zero attached hydrogens (tertiary/aromatic N) is 2. The van der Waals surface area contributed by atoms with Crippen LogP contribution in [0, 0.1) is 18.8 Å². The third-order valence-electron chi connectivity index (χ3n) is 8.70. The van der Waals surface area contributed by atoms with Crippen molar-refractivity contribution < 1.29 is 9.59 Å².